The van der Waals surface area contributed by atoms with Crippen LogP contribution >= 0.6 is 11.3 Å². The minimum atomic E-state index is -3.23. The molecule has 0 bridgehead atoms. The van der Waals surface area contributed by atoms with E-state index in [1.165, 1.54) is 23.5 Å². The number of hydrogen-bond acceptors (Lipinski definition) is 5. The van der Waals surface area contributed by atoms with Gasteiger partial charge in [-0.3, -0.25) is 4.79 Å². The molecule has 0 aliphatic heterocycles. The van der Waals surface area contributed by atoms with E-state index in [1.807, 2.05) is 19.2 Å². The third kappa shape index (κ3) is 3.89. The Bertz CT molecular complexity index is 747. The zero-order valence-corrected chi connectivity index (χ0v) is 13.6. The normalized spacial score (nSPS) is 11.6. The average molecular weight is 324 g/mol. The second-order valence-corrected chi connectivity index (χ2v) is 7.86. The van der Waals surface area contributed by atoms with Crippen LogP contribution in [0.4, 0.5) is 5.69 Å². The van der Waals surface area contributed by atoms with Gasteiger partial charge in [0, 0.05) is 17.3 Å². The van der Waals surface area contributed by atoms with E-state index < -0.39 is 9.84 Å². The van der Waals surface area contributed by atoms with E-state index in [0.29, 0.717) is 10.7 Å². The lowest BCUT2D eigenvalue weighted by atomic mass is 10.2. The molecule has 2 rings (SSSR count). The molecule has 0 spiro atoms. The molecule has 1 N–H and O–H groups in total. The topological polar surface area (TPSA) is 76.1 Å². The molecule has 1 heterocycles. The summed E-state index contributed by atoms with van der Waals surface area (Å²) in [5, 5.41) is 4.97. The van der Waals surface area contributed by atoms with Gasteiger partial charge in [0.15, 0.2) is 14.8 Å². The Hall–Kier alpha value is -1.73. The monoisotopic (exact) mass is 324 g/mol. The first-order chi connectivity index (χ1) is 9.77. The standard InChI is InChI=1S/C14H16N2O3S2/c1-9(2)12-8-20-14(16-12)13(17)15-10-4-6-11(7-5-10)21(3,18)19/h4-9H,1-3H3,(H,15,17). The predicted octanol–water partition coefficient (Wildman–Crippen LogP) is 2.92. The number of hydrogen-bond donors (Lipinski definition) is 1. The molecule has 0 aliphatic carbocycles. The van der Waals surface area contributed by atoms with Crippen molar-refractivity contribution < 1.29 is 13.2 Å². The highest BCUT2D eigenvalue weighted by Gasteiger charge is 2.13. The molecular weight excluding hydrogens is 308 g/mol. The maximum absolute atomic E-state index is 12.1. The summed E-state index contributed by atoms with van der Waals surface area (Å²) in [6, 6.07) is 6.05. The first-order valence-electron chi connectivity index (χ1n) is 6.34. The number of carbonyl (C=O) groups excluding carboxylic acids is 1. The van der Waals surface area contributed by atoms with Gasteiger partial charge in [0.05, 0.1) is 10.6 Å². The Morgan fingerprint density at radius 3 is 2.33 bits per heavy atom. The average Bonchev–Trinajstić information content (AvgIpc) is 2.88. The van der Waals surface area contributed by atoms with Gasteiger partial charge in [-0.15, -0.1) is 11.3 Å². The summed E-state index contributed by atoms with van der Waals surface area (Å²) in [5.41, 5.74) is 1.42. The number of thiazole rings is 1. The van der Waals surface area contributed by atoms with Gasteiger partial charge in [0.1, 0.15) is 0 Å². The van der Waals surface area contributed by atoms with Crippen molar-refractivity contribution in [2.75, 3.05) is 11.6 Å². The Morgan fingerprint density at radius 2 is 1.86 bits per heavy atom. The maximum atomic E-state index is 12.1. The second kappa shape index (κ2) is 5.95. The molecule has 2 aromatic rings. The molecular formula is C14H16N2O3S2. The fourth-order valence-electron chi connectivity index (χ4n) is 1.63. The quantitative estimate of drug-likeness (QED) is 0.938. The number of nitrogens with zero attached hydrogens (tertiary/aromatic N) is 1. The minimum Gasteiger partial charge on any atom is -0.320 e. The number of carbonyl (C=O) groups is 1. The first-order valence-corrected chi connectivity index (χ1v) is 9.11. The highest BCUT2D eigenvalue weighted by Crippen LogP contribution is 2.19. The highest BCUT2D eigenvalue weighted by atomic mass is 32.2. The number of nitrogens with one attached hydrogen (secondary N) is 1. The van der Waals surface area contributed by atoms with Gasteiger partial charge < -0.3 is 5.32 Å². The zero-order chi connectivity index (χ0) is 15.6. The Morgan fingerprint density at radius 1 is 1.24 bits per heavy atom. The molecule has 0 aliphatic rings. The third-order valence-corrected chi connectivity index (χ3v) is 4.84. The summed E-state index contributed by atoms with van der Waals surface area (Å²) < 4.78 is 22.7. The summed E-state index contributed by atoms with van der Waals surface area (Å²) in [6.45, 7) is 4.03. The Labute approximate surface area is 128 Å². The largest absolute Gasteiger partial charge is 0.320 e. The summed E-state index contributed by atoms with van der Waals surface area (Å²) in [7, 11) is -3.23. The summed E-state index contributed by atoms with van der Waals surface area (Å²) >= 11 is 1.29. The van der Waals surface area contributed by atoms with Gasteiger partial charge in [0.2, 0.25) is 0 Å². The van der Waals surface area contributed by atoms with E-state index in [9.17, 15) is 13.2 Å². The van der Waals surface area contributed by atoms with Gasteiger partial charge in [-0.1, -0.05) is 13.8 Å². The van der Waals surface area contributed by atoms with Crippen molar-refractivity contribution in [1.29, 1.82) is 0 Å². The molecule has 5 nitrogen and oxygen atoms in total. The first kappa shape index (κ1) is 15.7. The van der Waals surface area contributed by atoms with Crippen molar-refractivity contribution in [3.05, 3.63) is 40.3 Å². The molecule has 0 saturated carbocycles. The van der Waals surface area contributed by atoms with Crippen LogP contribution in [0.3, 0.4) is 0 Å². The van der Waals surface area contributed by atoms with E-state index in [-0.39, 0.29) is 16.7 Å². The maximum Gasteiger partial charge on any atom is 0.284 e. The van der Waals surface area contributed by atoms with Crippen LogP contribution in [-0.4, -0.2) is 25.6 Å². The lowest BCUT2D eigenvalue weighted by molar-refractivity contribution is 0.102. The third-order valence-electron chi connectivity index (χ3n) is 2.85. The molecule has 0 radical (unpaired) electrons. The number of anilines is 1. The minimum absolute atomic E-state index is 0.219. The predicted molar refractivity (Wildman–Crippen MR) is 83.7 cm³/mol. The van der Waals surface area contributed by atoms with E-state index in [2.05, 4.69) is 10.3 Å². The highest BCUT2D eigenvalue weighted by molar-refractivity contribution is 7.90. The molecule has 7 heteroatoms. The van der Waals surface area contributed by atoms with Crippen LogP contribution in [0.15, 0.2) is 34.5 Å². The molecule has 112 valence electrons. The van der Waals surface area contributed by atoms with Crippen LogP contribution in [0.2, 0.25) is 0 Å². The molecule has 1 aromatic heterocycles. The van der Waals surface area contributed by atoms with Crippen molar-refractivity contribution in [2.45, 2.75) is 24.7 Å². The number of amides is 1. The number of aromatic nitrogens is 1. The number of benzene rings is 1. The molecule has 0 fully saturated rings. The van der Waals surface area contributed by atoms with Crippen LogP contribution in [0.5, 0.6) is 0 Å². The number of rotatable bonds is 4. The second-order valence-electron chi connectivity index (χ2n) is 4.98. The lowest BCUT2D eigenvalue weighted by Gasteiger charge is -2.04. The van der Waals surface area contributed by atoms with Crippen molar-refractivity contribution in [3.8, 4) is 0 Å². The van der Waals surface area contributed by atoms with Gasteiger partial charge in [-0.25, -0.2) is 13.4 Å². The van der Waals surface area contributed by atoms with Gasteiger partial charge >= 0.3 is 0 Å². The van der Waals surface area contributed by atoms with Crippen LogP contribution in [-0.2, 0) is 9.84 Å². The lowest BCUT2D eigenvalue weighted by Crippen LogP contribution is -2.12. The van der Waals surface area contributed by atoms with Crippen molar-refractivity contribution in [1.82, 2.24) is 4.98 Å². The summed E-state index contributed by atoms with van der Waals surface area (Å²) in [4.78, 5) is 16.5. The smallest absolute Gasteiger partial charge is 0.284 e. The molecule has 21 heavy (non-hydrogen) atoms. The Kier molecular flexibility index (Phi) is 4.43. The van der Waals surface area contributed by atoms with Crippen molar-refractivity contribution in [3.63, 3.8) is 0 Å². The molecule has 0 unspecified atom stereocenters. The van der Waals surface area contributed by atoms with Crippen molar-refractivity contribution in [2.24, 2.45) is 0 Å². The van der Waals surface area contributed by atoms with E-state index >= 15 is 0 Å². The fourth-order valence-corrected chi connectivity index (χ4v) is 3.13. The van der Waals surface area contributed by atoms with E-state index in [1.54, 1.807) is 12.1 Å². The molecule has 0 atom stereocenters. The Balaban J connectivity index is 2.12. The molecule has 0 saturated heterocycles. The SMILES string of the molecule is CC(C)c1csc(C(=O)Nc2ccc(S(C)(=O)=O)cc2)n1. The van der Waals surface area contributed by atoms with E-state index in [4.69, 9.17) is 0 Å². The van der Waals surface area contributed by atoms with Gasteiger partial charge in [-0.2, -0.15) is 0 Å². The van der Waals surface area contributed by atoms with E-state index in [0.717, 1.165) is 11.9 Å². The molecule has 1 aromatic carbocycles. The molecule has 1 amide bonds. The van der Waals surface area contributed by atoms with Crippen LogP contribution < -0.4 is 5.32 Å². The zero-order valence-electron chi connectivity index (χ0n) is 12.0. The van der Waals surface area contributed by atoms with Crippen LogP contribution in [0.25, 0.3) is 0 Å². The van der Waals surface area contributed by atoms with Crippen molar-refractivity contribution >= 4 is 32.8 Å². The fraction of sp³-hybridized carbons (Fsp3) is 0.286. The van der Waals surface area contributed by atoms with Crippen LogP contribution in [0.1, 0.15) is 35.3 Å². The summed E-state index contributed by atoms with van der Waals surface area (Å²) in [6.07, 6.45) is 1.14. The van der Waals surface area contributed by atoms with Gasteiger partial charge in [-0.05, 0) is 30.2 Å². The number of sulfone groups is 1. The summed E-state index contributed by atoms with van der Waals surface area (Å²) in [5.74, 6) is -0.0177. The van der Waals surface area contributed by atoms with Gasteiger partial charge in [0.25, 0.3) is 5.91 Å². The van der Waals surface area contributed by atoms with Crippen LogP contribution in [0, 0.1) is 0 Å².